The second-order valence-electron chi connectivity index (χ2n) is 12.8. The van der Waals surface area contributed by atoms with Gasteiger partial charge in [-0.05, 0) is 90.0 Å². The summed E-state index contributed by atoms with van der Waals surface area (Å²) in [5.41, 5.74) is 9.89. The molecule has 4 N–H and O–H groups in total. The Morgan fingerprint density at radius 2 is 1.84 bits per heavy atom. The molecule has 252 valence electrons. The number of aliphatic hydroxyl groups is 1. The molecule has 0 bridgehead atoms. The molecule has 0 saturated carbocycles. The summed E-state index contributed by atoms with van der Waals surface area (Å²) in [5.74, 6) is 0.227. The van der Waals surface area contributed by atoms with E-state index in [1.165, 1.54) is 0 Å². The fraction of sp³-hybridized carbons (Fsp3) is 0.256. The van der Waals surface area contributed by atoms with E-state index in [0.717, 1.165) is 75.0 Å². The number of oxazole rings is 1. The number of anilines is 2. The molecule has 1 atom stereocenters. The Kier molecular flexibility index (Phi) is 9.23. The van der Waals surface area contributed by atoms with Gasteiger partial charge in [0, 0.05) is 61.8 Å². The van der Waals surface area contributed by atoms with Crippen LogP contribution < -0.4 is 10.6 Å². The molecule has 1 saturated heterocycles. The number of nitrogens with zero attached hydrogens (tertiary/aromatic N) is 5. The normalized spacial score (nSPS) is 14.7. The van der Waals surface area contributed by atoms with E-state index in [4.69, 9.17) is 19.5 Å². The van der Waals surface area contributed by atoms with E-state index in [-0.39, 0.29) is 12.5 Å². The molecule has 7 rings (SSSR count). The number of benzene rings is 3. The lowest BCUT2D eigenvalue weighted by Gasteiger charge is -2.17. The molecular weight excluding hydrogens is 630 g/mol. The van der Waals surface area contributed by atoms with Crippen LogP contribution >= 0.6 is 0 Å². The van der Waals surface area contributed by atoms with E-state index in [2.05, 4.69) is 51.7 Å². The number of rotatable bonds is 11. The van der Waals surface area contributed by atoms with Crippen molar-refractivity contribution in [3.8, 4) is 28.7 Å². The van der Waals surface area contributed by atoms with Gasteiger partial charge in [-0.3, -0.25) is 14.7 Å². The number of β-amino-alcohol motifs (C(OH)–C–C–N with tert-alkyl or cyclic N) is 1. The highest BCUT2D eigenvalue weighted by molar-refractivity contribution is 5.91. The summed E-state index contributed by atoms with van der Waals surface area (Å²) in [6.07, 6.45) is 4.25. The number of carboxylic acids is 1. The van der Waals surface area contributed by atoms with Gasteiger partial charge in [0.05, 0.1) is 18.1 Å². The van der Waals surface area contributed by atoms with Crippen molar-refractivity contribution in [1.29, 1.82) is 5.26 Å². The molecule has 4 heterocycles. The van der Waals surface area contributed by atoms with Crippen molar-refractivity contribution >= 4 is 39.5 Å². The summed E-state index contributed by atoms with van der Waals surface area (Å²) in [5, 5.41) is 36.3. The Hall–Kier alpha value is -5.67. The molecule has 3 aromatic heterocycles. The third-order valence-electron chi connectivity index (χ3n) is 9.27. The van der Waals surface area contributed by atoms with Crippen molar-refractivity contribution in [3.63, 3.8) is 0 Å². The number of fused-ring (bicyclic) bond motifs is 2. The number of likely N-dealkylation sites (tertiary alicyclic amines) is 1. The number of aliphatic hydroxyl groups excluding tert-OH is 1. The molecule has 11 heteroatoms. The summed E-state index contributed by atoms with van der Waals surface area (Å²) in [7, 11) is 0. The molecule has 0 radical (unpaired) electrons. The zero-order valence-corrected chi connectivity index (χ0v) is 27.9. The van der Waals surface area contributed by atoms with Crippen LogP contribution in [0, 0.1) is 25.2 Å². The van der Waals surface area contributed by atoms with Crippen LogP contribution in [0.15, 0.2) is 77.5 Å². The molecule has 3 aromatic carbocycles. The zero-order valence-electron chi connectivity index (χ0n) is 27.9. The van der Waals surface area contributed by atoms with Gasteiger partial charge in [0.2, 0.25) is 5.89 Å². The average Bonchev–Trinajstić information content (AvgIpc) is 3.73. The lowest BCUT2D eigenvalue weighted by molar-refractivity contribution is -0.136. The van der Waals surface area contributed by atoms with Crippen LogP contribution in [0.4, 0.5) is 11.5 Å². The lowest BCUT2D eigenvalue weighted by Crippen LogP contribution is -2.21. The summed E-state index contributed by atoms with van der Waals surface area (Å²) < 4.78 is 6.21. The first kappa shape index (κ1) is 32.9. The third kappa shape index (κ3) is 6.77. The minimum atomic E-state index is -0.868. The summed E-state index contributed by atoms with van der Waals surface area (Å²) in [6.45, 7) is 7.18. The van der Waals surface area contributed by atoms with Crippen LogP contribution in [0.2, 0.25) is 0 Å². The number of aliphatic carboxylic acids is 1. The Morgan fingerprint density at radius 1 is 1.04 bits per heavy atom. The summed E-state index contributed by atoms with van der Waals surface area (Å²) in [6, 6.07) is 22.1. The third-order valence-corrected chi connectivity index (χ3v) is 9.27. The van der Waals surface area contributed by atoms with Gasteiger partial charge in [-0.2, -0.15) is 5.26 Å². The Labute approximate surface area is 289 Å². The Bertz CT molecular complexity index is 2280. The van der Waals surface area contributed by atoms with E-state index in [0.29, 0.717) is 48.0 Å². The first-order valence-electron chi connectivity index (χ1n) is 16.6. The number of pyridine rings is 2. The van der Waals surface area contributed by atoms with Gasteiger partial charge in [-0.25, -0.2) is 9.97 Å². The maximum absolute atomic E-state index is 10.9. The van der Waals surface area contributed by atoms with Gasteiger partial charge in [-0.15, -0.1) is 0 Å². The smallest absolute Gasteiger partial charge is 0.304 e. The summed E-state index contributed by atoms with van der Waals surface area (Å²) >= 11 is 0. The predicted octanol–water partition coefficient (Wildman–Crippen LogP) is 6.47. The van der Waals surface area contributed by atoms with E-state index < -0.39 is 5.97 Å². The Balaban J connectivity index is 1.16. The number of carboxylic acid groups (broad SMARTS) is 1. The van der Waals surface area contributed by atoms with Gasteiger partial charge in [0.15, 0.2) is 11.4 Å². The van der Waals surface area contributed by atoms with Crippen molar-refractivity contribution in [1.82, 2.24) is 25.2 Å². The fourth-order valence-corrected chi connectivity index (χ4v) is 6.67. The molecular formula is C39H37N7O4. The van der Waals surface area contributed by atoms with Gasteiger partial charge >= 0.3 is 5.97 Å². The molecule has 0 aliphatic carbocycles. The van der Waals surface area contributed by atoms with Crippen molar-refractivity contribution in [2.75, 3.05) is 25.0 Å². The molecule has 11 nitrogen and oxygen atoms in total. The fourth-order valence-electron chi connectivity index (χ4n) is 6.67. The molecule has 1 fully saturated rings. The molecule has 6 aromatic rings. The highest BCUT2D eigenvalue weighted by Crippen LogP contribution is 2.37. The van der Waals surface area contributed by atoms with Gasteiger partial charge in [0.25, 0.3) is 0 Å². The van der Waals surface area contributed by atoms with Crippen molar-refractivity contribution in [3.05, 3.63) is 101 Å². The number of hydrogen-bond acceptors (Lipinski definition) is 10. The molecule has 1 aliphatic heterocycles. The first-order chi connectivity index (χ1) is 24.3. The number of aromatic nitrogens is 3. The molecule has 0 spiro atoms. The van der Waals surface area contributed by atoms with Crippen LogP contribution in [0.25, 0.3) is 44.6 Å². The van der Waals surface area contributed by atoms with Crippen molar-refractivity contribution < 1.29 is 19.4 Å². The lowest BCUT2D eigenvalue weighted by atomic mass is 9.93. The van der Waals surface area contributed by atoms with E-state index in [1.54, 1.807) is 12.3 Å². The molecule has 0 amide bonds. The summed E-state index contributed by atoms with van der Waals surface area (Å²) in [4.78, 5) is 27.3. The SMILES string of the molecule is Cc1c(Nc2nccc3cc(CN4CCC(O)C4)cnc23)cccc1-c1cccc(-c2nc3cc(CNCCC(=O)O)cc(C#N)c3o2)c1C. The maximum Gasteiger partial charge on any atom is 0.304 e. The van der Waals surface area contributed by atoms with Crippen molar-refractivity contribution in [2.24, 2.45) is 0 Å². The highest BCUT2D eigenvalue weighted by atomic mass is 16.4. The van der Waals surface area contributed by atoms with Crippen LogP contribution in [0.5, 0.6) is 0 Å². The zero-order chi connectivity index (χ0) is 34.8. The van der Waals surface area contributed by atoms with Crippen molar-refractivity contribution in [2.45, 2.75) is 45.9 Å². The van der Waals surface area contributed by atoms with Crippen LogP contribution in [0.1, 0.15) is 40.7 Å². The number of carbonyl (C=O) groups is 1. The minimum absolute atomic E-state index is 0.0140. The minimum Gasteiger partial charge on any atom is -0.481 e. The van der Waals surface area contributed by atoms with E-state index in [9.17, 15) is 15.2 Å². The number of nitrogens with one attached hydrogen (secondary N) is 2. The second-order valence-corrected chi connectivity index (χ2v) is 12.8. The quantitative estimate of drug-likeness (QED) is 0.112. The second kappa shape index (κ2) is 14.1. The average molecular weight is 668 g/mol. The van der Waals surface area contributed by atoms with Crippen LogP contribution in [-0.4, -0.2) is 61.8 Å². The predicted molar refractivity (Wildman–Crippen MR) is 192 cm³/mol. The maximum atomic E-state index is 10.9. The molecule has 50 heavy (non-hydrogen) atoms. The van der Waals surface area contributed by atoms with E-state index >= 15 is 0 Å². The number of nitriles is 1. The molecule has 1 aliphatic rings. The monoisotopic (exact) mass is 667 g/mol. The van der Waals surface area contributed by atoms with Gasteiger partial charge < -0.3 is 25.3 Å². The standard InChI is InChI=1S/C39H37N7O4/c1-23-30(5-3-7-32(23)39-45-34-17-25(19-41-12-10-35(48)49)15-28(18-40)37(34)50-39)31-6-4-8-33(24(31)2)44-38-36-27(9-13-42-38)16-26(20-43-36)21-46-14-11-29(47)22-46/h3-9,13,15-17,20,29,41,47H,10-12,14,19,21-22H2,1-2H3,(H,42,44)(H,48,49). The first-order valence-corrected chi connectivity index (χ1v) is 16.6. The molecule has 1 unspecified atom stereocenters. The van der Waals surface area contributed by atoms with Crippen LogP contribution in [-0.2, 0) is 17.9 Å². The highest BCUT2D eigenvalue weighted by Gasteiger charge is 2.21. The Morgan fingerprint density at radius 3 is 2.62 bits per heavy atom. The largest absolute Gasteiger partial charge is 0.481 e. The topological polar surface area (TPSA) is 160 Å². The van der Waals surface area contributed by atoms with Crippen LogP contribution in [0.3, 0.4) is 0 Å². The van der Waals surface area contributed by atoms with Gasteiger partial charge in [-0.1, -0.05) is 24.3 Å². The number of hydrogen-bond donors (Lipinski definition) is 4. The van der Waals surface area contributed by atoms with E-state index in [1.807, 2.05) is 49.5 Å². The van der Waals surface area contributed by atoms with Gasteiger partial charge in [0.1, 0.15) is 17.1 Å².